The molecule has 0 radical (unpaired) electrons. The van der Waals surface area contributed by atoms with E-state index in [1.807, 2.05) is 35.7 Å². The number of thioether (sulfide) groups is 2. The Kier molecular flexibility index (Phi) is 6.12. The average molecular weight is 345 g/mol. The Morgan fingerprint density at radius 2 is 1.87 bits per heavy atom. The Bertz CT molecular complexity index is 666. The molecule has 1 aromatic rings. The van der Waals surface area contributed by atoms with Crippen molar-refractivity contribution < 1.29 is 9.58 Å². The molecule has 0 spiro atoms. The number of carbonyl (C=O) groups excluding carboxylic acids is 1. The molecule has 1 fully saturated rings. The molecule has 0 aromatic heterocycles. The van der Waals surface area contributed by atoms with Gasteiger partial charge in [0.15, 0.2) is 0 Å². The third-order valence-corrected chi connectivity index (χ3v) is 6.97. The molecule has 120 valence electrons. The van der Waals surface area contributed by atoms with Crippen molar-refractivity contribution in [1.29, 1.82) is 0 Å². The fourth-order valence-corrected chi connectivity index (χ4v) is 5.89. The first-order valence-corrected chi connectivity index (χ1v) is 9.56. The third-order valence-electron chi connectivity index (χ3n) is 3.81. The average Bonchev–Trinajstić information content (AvgIpc) is 2.53. The van der Waals surface area contributed by atoms with Gasteiger partial charge in [0.05, 0.1) is 4.58 Å². The van der Waals surface area contributed by atoms with E-state index in [4.69, 9.17) is 5.53 Å². The van der Waals surface area contributed by atoms with Crippen molar-refractivity contribution in [3.05, 3.63) is 40.9 Å². The summed E-state index contributed by atoms with van der Waals surface area (Å²) in [6, 6.07) is 8.03. The van der Waals surface area contributed by atoms with Gasteiger partial charge in [-0.05, 0) is 46.5 Å². The highest BCUT2D eigenvalue weighted by molar-refractivity contribution is 8.16. The van der Waals surface area contributed by atoms with Crippen molar-refractivity contribution in [3.63, 3.8) is 0 Å². The van der Waals surface area contributed by atoms with Crippen molar-refractivity contribution in [3.8, 4) is 11.8 Å². The first-order chi connectivity index (χ1) is 10.9. The zero-order valence-corrected chi connectivity index (χ0v) is 15.2. The minimum absolute atomic E-state index is 0.370. The van der Waals surface area contributed by atoms with E-state index in [1.54, 1.807) is 0 Å². The summed E-state index contributed by atoms with van der Waals surface area (Å²) in [5.74, 6) is 7.81. The van der Waals surface area contributed by atoms with Gasteiger partial charge in [-0.1, -0.05) is 38.8 Å². The predicted octanol–water partition coefficient (Wildman–Crippen LogP) is 4.05. The normalized spacial score (nSPS) is 20.8. The highest BCUT2D eigenvalue weighted by atomic mass is 32.2. The number of rotatable bonds is 2. The lowest BCUT2D eigenvalue weighted by Gasteiger charge is -2.36. The fraction of sp³-hybridized carbons (Fsp3) is 0.444. The molecular formula is C18H20N2OS2. The van der Waals surface area contributed by atoms with Crippen LogP contribution in [0.5, 0.6) is 0 Å². The van der Waals surface area contributed by atoms with Gasteiger partial charge in [-0.15, -0.1) is 23.5 Å². The molecule has 0 amide bonds. The van der Waals surface area contributed by atoms with E-state index in [1.165, 1.54) is 17.1 Å². The largest absolute Gasteiger partial charge is 0.361 e. The van der Waals surface area contributed by atoms with Crippen LogP contribution in [0, 0.1) is 23.2 Å². The number of Topliss-reactive ketones (excluding diaryl/α,β-unsaturated/α-hetero) is 1. The van der Waals surface area contributed by atoms with Crippen LogP contribution < -0.4 is 0 Å². The highest BCUT2D eigenvalue weighted by Gasteiger charge is 2.31. The maximum Gasteiger partial charge on any atom is 0.336 e. The number of ketones is 1. The molecule has 1 saturated heterocycles. The maximum absolute atomic E-state index is 11.2. The van der Waals surface area contributed by atoms with Crippen LogP contribution in [0.4, 0.5) is 0 Å². The minimum Gasteiger partial charge on any atom is -0.361 e. The van der Waals surface area contributed by atoms with Crippen molar-refractivity contribution in [2.75, 3.05) is 11.5 Å². The molecule has 5 heteroatoms. The summed E-state index contributed by atoms with van der Waals surface area (Å²) in [6.07, 6.45) is 0.794. The van der Waals surface area contributed by atoms with Gasteiger partial charge in [0.2, 0.25) is 0 Å². The smallest absolute Gasteiger partial charge is 0.336 e. The molecule has 23 heavy (non-hydrogen) atoms. The molecule has 0 saturated carbocycles. The van der Waals surface area contributed by atoms with Gasteiger partial charge in [-0.25, -0.2) is 0 Å². The van der Waals surface area contributed by atoms with E-state index in [0.717, 1.165) is 17.7 Å². The SMILES string of the molecule is CC(C)(C)C1CSC(c2ccc(C#CC(=O)C=[N+]=[N-])cc2)SC1. The fourth-order valence-electron chi connectivity index (χ4n) is 2.14. The van der Waals surface area contributed by atoms with Crippen LogP contribution in [0.25, 0.3) is 5.53 Å². The number of benzene rings is 1. The minimum atomic E-state index is -0.511. The second kappa shape index (κ2) is 7.88. The van der Waals surface area contributed by atoms with Crippen LogP contribution in [-0.2, 0) is 4.79 Å². The summed E-state index contributed by atoms with van der Waals surface area (Å²) in [5, 5.41) is 0. The standard InChI is InChI=1S/C18H20N2OS2/c1-18(2,3)15-11-22-17(23-12-15)14-7-4-13(5-8-14)6-9-16(21)10-20-19/h4-5,7-8,10,15,17H,11-12H2,1-3H3. The van der Waals surface area contributed by atoms with E-state index in [2.05, 4.69) is 49.5 Å². The van der Waals surface area contributed by atoms with Gasteiger partial charge in [-0.2, -0.15) is 4.79 Å². The molecule has 1 aliphatic rings. The molecule has 0 aliphatic carbocycles. The lowest BCUT2D eigenvalue weighted by Crippen LogP contribution is -2.27. The summed E-state index contributed by atoms with van der Waals surface area (Å²) < 4.78 is 0.471. The first kappa shape index (κ1) is 17.9. The summed E-state index contributed by atoms with van der Waals surface area (Å²) in [5.41, 5.74) is 10.7. The zero-order chi connectivity index (χ0) is 16.9. The van der Waals surface area contributed by atoms with Gasteiger partial charge in [0.1, 0.15) is 0 Å². The van der Waals surface area contributed by atoms with E-state index in [9.17, 15) is 4.79 Å². The van der Waals surface area contributed by atoms with Crippen molar-refractivity contribution >= 4 is 35.5 Å². The molecule has 0 atom stereocenters. The van der Waals surface area contributed by atoms with Gasteiger partial charge < -0.3 is 5.53 Å². The van der Waals surface area contributed by atoms with E-state index >= 15 is 0 Å². The summed E-state index contributed by atoms with van der Waals surface area (Å²) in [7, 11) is 0. The van der Waals surface area contributed by atoms with E-state index < -0.39 is 5.78 Å². The van der Waals surface area contributed by atoms with Crippen LogP contribution in [0.15, 0.2) is 24.3 Å². The third kappa shape index (κ3) is 5.28. The quantitative estimate of drug-likeness (QED) is 0.352. The Balaban J connectivity index is 1.98. The van der Waals surface area contributed by atoms with E-state index in [-0.39, 0.29) is 0 Å². The summed E-state index contributed by atoms with van der Waals surface area (Å²) in [6.45, 7) is 6.94. The first-order valence-electron chi connectivity index (χ1n) is 7.46. The molecule has 0 unspecified atom stereocenters. The molecule has 3 nitrogen and oxygen atoms in total. The topological polar surface area (TPSA) is 53.5 Å². The molecule has 0 bridgehead atoms. The number of carbonyl (C=O) groups is 1. The molecule has 1 heterocycles. The maximum atomic E-state index is 11.2. The van der Waals surface area contributed by atoms with Crippen molar-refractivity contribution in [2.24, 2.45) is 11.3 Å². The Morgan fingerprint density at radius 1 is 1.26 bits per heavy atom. The zero-order valence-electron chi connectivity index (χ0n) is 13.6. The molecule has 1 aromatic carbocycles. The second-order valence-electron chi connectivity index (χ2n) is 6.54. The van der Waals surface area contributed by atoms with Crippen molar-refractivity contribution in [2.45, 2.75) is 25.4 Å². The predicted molar refractivity (Wildman–Crippen MR) is 98.6 cm³/mol. The second-order valence-corrected chi connectivity index (χ2v) is 9.12. The molecule has 1 aliphatic heterocycles. The van der Waals surface area contributed by atoms with Crippen LogP contribution in [-0.4, -0.2) is 28.3 Å². The lowest BCUT2D eigenvalue weighted by atomic mass is 9.83. The van der Waals surface area contributed by atoms with Gasteiger partial charge in [0.25, 0.3) is 0 Å². The number of hydrogen-bond acceptors (Lipinski definition) is 3. The van der Waals surface area contributed by atoms with Crippen LogP contribution in [0.2, 0.25) is 0 Å². The van der Waals surface area contributed by atoms with Crippen LogP contribution >= 0.6 is 23.5 Å². The number of hydrogen-bond donors (Lipinski definition) is 0. The Morgan fingerprint density at radius 3 is 2.39 bits per heavy atom. The van der Waals surface area contributed by atoms with Gasteiger partial charge >= 0.3 is 12.0 Å². The molecule has 0 N–H and O–H groups in total. The summed E-state index contributed by atoms with van der Waals surface area (Å²) in [4.78, 5) is 13.8. The lowest BCUT2D eigenvalue weighted by molar-refractivity contribution is -0.111. The van der Waals surface area contributed by atoms with Crippen LogP contribution in [0.1, 0.15) is 36.5 Å². The molecule has 2 rings (SSSR count). The summed E-state index contributed by atoms with van der Waals surface area (Å²) >= 11 is 4.02. The Labute approximate surface area is 146 Å². The van der Waals surface area contributed by atoms with Crippen LogP contribution in [0.3, 0.4) is 0 Å². The number of nitrogens with zero attached hydrogens (tertiary/aromatic N) is 2. The molecular weight excluding hydrogens is 324 g/mol. The van der Waals surface area contributed by atoms with Gasteiger partial charge in [0, 0.05) is 5.56 Å². The highest BCUT2D eigenvalue weighted by Crippen LogP contribution is 2.49. The monoisotopic (exact) mass is 344 g/mol. The van der Waals surface area contributed by atoms with E-state index in [0.29, 0.717) is 10.00 Å². The Hall–Kier alpha value is -1.47. The van der Waals surface area contributed by atoms with Gasteiger partial charge in [-0.3, -0.25) is 4.79 Å². The van der Waals surface area contributed by atoms with Crippen molar-refractivity contribution in [1.82, 2.24) is 0 Å².